The first-order valence-corrected chi connectivity index (χ1v) is 7.56. The quantitative estimate of drug-likeness (QED) is 0.299. The predicted molar refractivity (Wildman–Crippen MR) is 75.4 cm³/mol. The highest BCUT2D eigenvalue weighted by atomic mass is 32.2. The van der Waals surface area contributed by atoms with E-state index in [0.29, 0.717) is 18.6 Å². The fourth-order valence-corrected chi connectivity index (χ4v) is 2.88. The second-order valence-electron chi connectivity index (χ2n) is 4.16. The summed E-state index contributed by atoms with van der Waals surface area (Å²) in [7, 11) is -2.24. The van der Waals surface area contributed by atoms with Gasteiger partial charge in [-0.05, 0) is 30.7 Å². The molecule has 1 atom stereocenters. The minimum absolute atomic E-state index is 0.0881. The van der Waals surface area contributed by atoms with Crippen molar-refractivity contribution in [1.82, 2.24) is 4.72 Å². The van der Waals surface area contributed by atoms with Gasteiger partial charge in [-0.15, -0.1) is 0 Å². The Labute approximate surface area is 118 Å². The van der Waals surface area contributed by atoms with Crippen LogP contribution in [-0.2, 0) is 10.0 Å². The summed E-state index contributed by atoms with van der Waals surface area (Å²) in [6.45, 7) is 1.87. The van der Waals surface area contributed by atoms with Crippen LogP contribution in [0.25, 0.3) is 0 Å². The largest absolute Gasteiger partial charge is 0.497 e. The van der Waals surface area contributed by atoms with Crippen molar-refractivity contribution in [3.8, 4) is 5.75 Å². The summed E-state index contributed by atoms with van der Waals surface area (Å²) in [5, 5.41) is 11.5. The molecule has 1 rings (SSSR count). The van der Waals surface area contributed by atoms with Gasteiger partial charge in [0, 0.05) is 0 Å². The van der Waals surface area contributed by atoms with E-state index in [9.17, 15) is 8.42 Å². The summed E-state index contributed by atoms with van der Waals surface area (Å²) >= 11 is 0. The highest BCUT2D eigenvalue weighted by molar-refractivity contribution is 7.89. The SMILES string of the molecule is CCCC(NS(=O)(=O)c1ccc(OC)cc1)/C(N)=N/O. The van der Waals surface area contributed by atoms with Crippen LogP contribution in [0.3, 0.4) is 0 Å². The Morgan fingerprint density at radius 3 is 2.50 bits per heavy atom. The van der Waals surface area contributed by atoms with Crippen molar-refractivity contribution in [2.45, 2.75) is 30.7 Å². The number of oxime groups is 1. The maximum absolute atomic E-state index is 12.2. The van der Waals surface area contributed by atoms with Crippen LogP contribution in [0.1, 0.15) is 19.8 Å². The molecule has 0 aliphatic heterocycles. The predicted octanol–water partition coefficient (Wildman–Crippen LogP) is 0.889. The molecule has 0 aliphatic carbocycles. The number of rotatable bonds is 7. The highest BCUT2D eigenvalue weighted by Crippen LogP contribution is 2.16. The number of ether oxygens (including phenoxy) is 1. The van der Waals surface area contributed by atoms with Gasteiger partial charge in [-0.2, -0.15) is 0 Å². The van der Waals surface area contributed by atoms with E-state index < -0.39 is 16.1 Å². The number of nitrogens with two attached hydrogens (primary N) is 1. The summed E-state index contributed by atoms with van der Waals surface area (Å²) in [6, 6.07) is 5.21. The van der Waals surface area contributed by atoms with E-state index in [1.807, 2.05) is 6.92 Å². The molecule has 20 heavy (non-hydrogen) atoms. The number of benzene rings is 1. The van der Waals surface area contributed by atoms with Gasteiger partial charge in [0.2, 0.25) is 10.0 Å². The Bertz CT molecular complexity index is 555. The monoisotopic (exact) mass is 301 g/mol. The number of sulfonamides is 1. The van der Waals surface area contributed by atoms with E-state index in [1.165, 1.54) is 19.2 Å². The van der Waals surface area contributed by atoms with E-state index in [2.05, 4.69) is 9.88 Å². The van der Waals surface area contributed by atoms with Crippen molar-refractivity contribution in [3.63, 3.8) is 0 Å². The Hall–Kier alpha value is -1.80. The number of amidine groups is 1. The summed E-state index contributed by atoms with van der Waals surface area (Å²) in [5.74, 6) is 0.398. The molecule has 0 amide bonds. The molecule has 0 aliphatic rings. The summed E-state index contributed by atoms with van der Waals surface area (Å²) in [6.07, 6.45) is 1.12. The fourth-order valence-electron chi connectivity index (χ4n) is 1.64. The average molecular weight is 301 g/mol. The Balaban J connectivity index is 2.96. The fraction of sp³-hybridized carbons (Fsp3) is 0.417. The molecule has 0 saturated heterocycles. The van der Waals surface area contributed by atoms with E-state index in [4.69, 9.17) is 15.7 Å². The number of nitrogens with one attached hydrogen (secondary N) is 1. The molecule has 0 fully saturated rings. The molecule has 0 aromatic heterocycles. The molecule has 0 spiro atoms. The zero-order chi connectivity index (χ0) is 15.2. The lowest BCUT2D eigenvalue weighted by Crippen LogP contribution is -2.44. The minimum atomic E-state index is -3.74. The molecule has 7 nitrogen and oxygen atoms in total. The van der Waals surface area contributed by atoms with Crippen LogP contribution in [0.5, 0.6) is 5.75 Å². The second kappa shape index (κ2) is 7.11. The zero-order valence-electron chi connectivity index (χ0n) is 11.4. The molecular weight excluding hydrogens is 282 g/mol. The topological polar surface area (TPSA) is 114 Å². The smallest absolute Gasteiger partial charge is 0.241 e. The first-order chi connectivity index (χ1) is 9.44. The van der Waals surface area contributed by atoms with Crippen molar-refractivity contribution < 1.29 is 18.4 Å². The molecule has 4 N–H and O–H groups in total. The number of hydrogen-bond donors (Lipinski definition) is 3. The number of nitrogens with zero attached hydrogens (tertiary/aromatic N) is 1. The lowest BCUT2D eigenvalue weighted by atomic mass is 10.2. The molecule has 8 heteroatoms. The molecule has 1 unspecified atom stereocenters. The normalized spacial score (nSPS) is 14.0. The van der Waals surface area contributed by atoms with Gasteiger partial charge < -0.3 is 15.7 Å². The second-order valence-corrected chi connectivity index (χ2v) is 5.88. The molecule has 1 aromatic carbocycles. The van der Waals surface area contributed by atoms with Crippen LogP contribution in [0, 0.1) is 0 Å². The lowest BCUT2D eigenvalue weighted by molar-refractivity contribution is 0.315. The van der Waals surface area contributed by atoms with E-state index >= 15 is 0 Å². The van der Waals surface area contributed by atoms with Crippen molar-refractivity contribution in [1.29, 1.82) is 0 Å². The number of methoxy groups -OCH3 is 1. The summed E-state index contributed by atoms with van der Waals surface area (Å²) in [5.41, 5.74) is 5.49. The summed E-state index contributed by atoms with van der Waals surface area (Å²) < 4.78 is 31.8. The van der Waals surface area contributed by atoms with Gasteiger partial charge in [-0.25, -0.2) is 13.1 Å². The molecular formula is C12H19N3O4S. The number of hydrogen-bond acceptors (Lipinski definition) is 5. The maximum Gasteiger partial charge on any atom is 0.241 e. The van der Waals surface area contributed by atoms with Crippen LogP contribution >= 0.6 is 0 Å². The van der Waals surface area contributed by atoms with Gasteiger partial charge in [-0.3, -0.25) is 0 Å². The van der Waals surface area contributed by atoms with Crippen LogP contribution in [0.15, 0.2) is 34.3 Å². The van der Waals surface area contributed by atoms with Gasteiger partial charge in [0.1, 0.15) is 5.75 Å². The van der Waals surface area contributed by atoms with Crippen molar-refractivity contribution >= 4 is 15.9 Å². The Morgan fingerprint density at radius 1 is 1.45 bits per heavy atom. The zero-order valence-corrected chi connectivity index (χ0v) is 12.2. The Kier molecular flexibility index (Phi) is 5.78. The molecule has 112 valence electrons. The van der Waals surface area contributed by atoms with E-state index in [1.54, 1.807) is 12.1 Å². The lowest BCUT2D eigenvalue weighted by Gasteiger charge is -2.16. The highest BCUT2D eigenvalue weighted by Gasteiger charge is 2.22. The molecule has 1 aromatic rings. The van der Waals surface area contributed by atoms with E-state index in [0.717, 1.165) is 0 Å². The van der Waals surface area contributed by atoms with Crippen molar-refractivity contribution in [3.05, 3.63) is 24.3 Å². The van der Waals surface area contributed by atoms with Gasteiger partial charge >= 0.3 is 0 Å². The van der Waals surface area contributed by atoms with Gasteiger partial charge in [0.25, 0.3) is 0 Å². The molecule has 0 radical (unpaired) electrons. The van der Waals surface area contributed by atoms with Crippen molar-refractivity contribution in [2.24, 2.45) is 10.9 Å². The minimum Gasteiger partial charge on any atom is -0.497 e. The van der Waals surface area contributed by atoms with Crippen LogP contribution < -0.4 is 15.2 Å². The van der Waals surface area contributed by atoms with Gasteiger partial charge in [0.05, 0.1) is 18.0 Å². The average Bonchev–Trinajstić information content (AvgIpc) is 2.45. The molecule has 0 bridgehead atoms. The standard InChI is InChI=1S/C12H19N3O4S/c1-3-4-11(12(13)14-16)15-20(17,18)10-7-5-9(19-2)6-8-10/h5-8,11,15-16H,3-4H2,1-2H3,(H2,13,14). The van der Waals surface area contributed by atoms with Crippen molar-refractivity contribution in [2.75, 3.05) is 7.11 Å². The third-order valence-electron chi connectivity index (χ3n) is 2.72. The van der Waals surface area contributed by atoms with Crippen LogP contribution in [-0.4, -0.2) is 32.6 Å². The van der Waals surface area contributed by atoms with Crippen LogP contribution in [0.2, 0.25) is 0 Å². The molecule has 0 heterocycles. The summed E-state index contributed by atoms with van der Waals surface area (Å²) in [4.78, 5) is 0.0881. The third-order valence-corrected chi connectivity index (χ3v) is 4.20. The molecule has 0 saturated carbocycles. The Morgan fingerprint density at radius 2 is 2.05 bits per heavy atom. The van der Waals surface area contributed by atoms with Gasteiger partial charge in [-0.1, -0.05) is 18.5 Å². The van der Waals surface area contributed by atoms with Crippen LogP contribution in [0.4, 0.5) is 0 Å². The first-order valence-electron chi connectivity index (χ1n) is 6.08. The third kappa shape index (κ3) is 4.10. The van der Waals surface area contributed by atoms with E-state index in [-0.39, 0.29) is 10.7 Å². The maximum atomic E-state index is 12.2. The van der Waals surface area contributed by atoms with Gasteiger partial charge in [0.15, 0.2) is 5.84 Å². The first kappa shape index (κ1) is 16.3.